The Morgan fingerprint density at radius 3 is 1.76 bits per heavy atom. The van der Waals surface area contributed by atoms with Crippen molar-refractivity contribution >= 4 is 34.3 Å². The number of carbonyl (C=O) groups is 2. The van der Waals surface area contributed by atoms with Crippen molar-refractivity contribution in [3.63, 3.8) is 0 Å². The largest absolute Gasteiger partial charge is 0.595 e. The third kappa shape index (κ3) is 2.92. The van der Waals surface area contributed by atoms with Gasteiger partial charge in [-0.2, -0.15) is 5.23 Å². The zero-order valence-corrected chi connectivity index (χ0v) is 17.7. The van der Waals surface area contributed by atoms with E-state index in [1.165, 1.54) is 17.0 Å². The summed E-state index contributed by atoms with van der Waals surface area (Å²) in [6, 6.07) is 26.3. The zero-order chi connectivity index (χ0) is 22.7. The zero-order valence-electron chi connectivity index (χ0n) is 17.7. The molecule has 2 amide bonds. The maximum absolute atomic E-state index is 13.6. The normalized spacial score (nSPS) is 26.8. The Balaban J connectivity index is 1.46. The maximum atomic E-state index is 13.6. The minimum Gasteiger partial charge on any atom is -0.595 e. The van der Waals surface area contributed by atoms with Crippen LogP contribution >= 0.6 is 0 Å². The standard InChI is InChI=1S/C27H22N2O4/c30-26-24-20-15-21(25(24)27(31)28(26)18-12-7-13-19(14-18)29(32)33)23(17-10-5-2-6-11-17)22(20)16-8-3-1-4-9-16/h1-14,20-21,24-25,29,32H,15H2/t20-,21-,24-,25+/m0/s1. The van der Waals surface area contributed by atoms with E-state index in [0.717, 1.165) is 28.7 Å². The quantitative estimate of drug-likeness (QED) is 0.483. The highest BCUT2D eigenvalue weighted by molar-refractivity contribution is 6.24. The van der Waals surface area contributed by atoms with E-state index < -0.39 is 17.1 Å². The summed E-state index contributed by atoms with van der Waals surface area (Å²) in [5.41, 5.74) is 4.90. The van der Waals surface area contributed by atoms with E-state index in [1.807, 2.05) is 36.4 Å². The fraction of sp³-hybridized carbons (Fsp3) is 0.185. The number of imide groups is 1. The minimum absolute atomic E-state index is 0.0401. The van der Waals surface area contributed by atoms with Crippen molar-refractivity contribution in [3.8, 4) is 0 Å². The van der Waals surface area contributed by atoms with E-state index in [4.69, 9.17) is 0 Å². The number of anilines is 1. The second kappa shape index (κ2) is 7.49. The highest BCUT2D eigenvalue weighted by atomic mass is 16.8. The summed E-state index contributed by atoms with van der Waals surface area (Å²) in [5.74, 6) is -1.36. The van der Waals surface area contributed by atoms with Gasteiger partial charge in [-0.25, -0.2) is 10.1 Å². The number of fused-ring (bicyclic) bond motifs is 5. The molecule has 164 valence electrons. The van der Waals surface area contributed by atoms with Crippen LogP contribution in [0.1, 0.15) is 17.5 Å². The number of rotatable bonds is 4. The molecule has 0 radical (unpaired) electrons. The van der Waals surface area contributed by atoms with Crippen molar-refractivity contribution < 1.29 is 20.0 Å². The molecule has 3 aliphatic rings. The molecule has 2 fully saturated rings. The van der Waals surface area contributed by atoms with Crippen molar-refractivity contribution in [2.24, 2.45) is 23.7 Å². The first kappa shape index (κ1) is 20.1. The van der Waals surface area contributed by atoms with Crippen LogP contribution in [0.2, 0.25) is 0 Å². The summed E-state index contributed by atoms with van der Waals surface area (Å²) in [6.07, 6.45) is 0.782. The Morgan fingerprint density at radius 2 is 1.27 bits per heavy atom. The Bertz CT molecular complexity index is 1210. The van der Waals surface area contributed by atoms with Gasteiger partial charge in [0.15, 0.2) is 5.69 Å². The molecule has 2 N–H and O–H groups in total. The Morgan fingerprint density at radius 1 is 0.758 bits per heavy atom. The summed E-state index contributed by atoms with van der Waals surface area (Å²) < 4.78 is 0. The number of hydrogen-bond acceptors (Lipinski definition) is 4. The molecule has 6 nitrogen and oxygen atoms in total. The van der Waals surface area contributed by atoms with Gasteiger partial charge in [0.25, 0.3) is 0 Å². The van der Waals surface area contributed by atoms with Gasteiger partial charge in [0.05, 0.1) is 17.5 Å². The van der Waals surface area contributed by atoms with Gasteiger partial charge in [-0.05, 0) is 46.6 Å². The third-order valence-electron chi connectivity index (χ3n) is 7.33. The van der Waals surface area contributed by atoms with Gasteiger partial charge in [0.2, 0.25) is 11.8 Å². The molecule has 6 rings (SSSR count). The first-order valence-corrected chi connectivity index (χ1v) is 11.1. The average Bonchev–Trinajstić information content (AvgIpc) is 3.49. The molecular formula is C27H22N2O4. The van der Waals surface area contributed by atoms with Gasteiger partial charge in [-0.15, -0.1) is 0 Å². The molecule has 2 bridgehead atoms. The summed E-state index contributed by atoms with van der Waals surface area (Å²) in [5, 5.41) is 19.7. The third-order valence-corrected chi connectivity index (χ3v) is 7.33. The van der Waals surface area contributed by atoms with Crippen molar-refractivity contribution in [3.05, 3.63) is 101 Å². The van der Waals surface area contributed by atoms with Gasteiger partial charge in [-0.3, -0.25) is 9.59 Å². The molecular weight excluding hydrogens is 416 g/mol. The van der Waals surface area contributed by atoms with Gasteiger partial charge in [-0.1, -0.05) is 66.7 Å². The van der Waals surface area contributed by atoms with Crippen LogP contribution in [0.25, 0.3) is 11.1 Å². The fourth-order valence-corrected chi connectivity index (χ4v) is 6.13. The van der Waals surface area contributed by atoms with Gasteiger partial charge < -0.3 is 5.21 Å². The average molecular weight is 438 g/mol. The van der Waals surface area contributed by atoms with Crippen LogP contribution in [0.4, 0.5) is 11.4 Å². The van der Waals surface area contributed by atoms with E-state index in [1.54, 1.807) is 12.1 Å². The number of allylic oxidation sites excluding steroid dienone is 2. The van der Waals surface area contributed by atoms with Crippen LogP contribution in [-0.2, 0) is 9.59 Å². The van der Waals surface area contributed by atoms with E-state index >= 15 is 0 Å². The molecule has 0 spiro atoms. The molecule has 5 atom stereocenters. The van der Waals surface area contributed by atoms with Gasteiger partial charge in [0, 0.05) is 12.1 Å². The number of nitrogens with zero attached hydrogens (tertiary/aromatic N) is 1. The molecule has 3 aromatic rings. The van der Waals surface area contributed by atoms with Crippen LogP contribution < -0.4 is 10.1 Å². The molecule has 1 heterocycles. The molecule has 3 aromatic carbocycles. The molecule has 33 heavy (non-hydrogen) atoms. The molecule has 6 heteroatoms. The van der Waals surface area contributed by atoms with E-state index in [9.17, 15) is 20.0 Å². The fourth-order valence-electron chi connectivity index (χ4n) is 6.13. The summed E-state index contributed by atoms with van der Waals surface area (Å²) >= 11 is 0. The van der Waals surface area contributed by atoms with Gasteiger partial charge >= 0.3 is 0 Å². The maximum Gasteiger partial charge on any atom is 0.238 e. The second-order valence-electron chi connectivity index (χ2n) is 8.93. The predicted molar refractivity (Wildman–Crippen MR) is 123 cm³/mol. The van der Waals surface area contributed by atoms with Crippen LogP contribution in [0, 0.1) is 28.9 Å². The van der Waals surface area contributed by atoms with Crippen LogP contribution in [0.3, 0.4) is 0 Å². The minimum atomic E-state index is -1.09. The summed E-state index contributed by atoms with van der Waals surface area (Å²) in [6.45, 7) is 0. The van der Waals surface area contributed by atoms with Crippen LogP contribution in [0.15, 0.2) is 84.9 Å². The highest BCUT2D eigenvalue weighted by Gasteiger charge is 2.64. The van der Waals surface area contributed by atoms with Crippen LogP contribution in [0.5, 0.6) is 0 Å². The molecule has 0 aromatic heterocycles. The lowest BCUT2D eigenvalue weighted by atomic mass is 9.73. The molecule has 1 saturated heterocycles. The Hall–Kier alpha value is -3.58. The second-order valence-corrected chi connectivity index (χ2v) is 8.93. The molecule has 1 unspecified atom stereocenters. The topological polar surface area (TPSA) is 85.1 Å². The summed E-state index contributed by atoms with van der Waals surface area (Å²) in [7, 11) is 0. The van der Waals surface area contributed by atoms with Crippen LogP contribution in [-0.4, -0.2) is 17.0 Å². The van der Waals surface area contributed by atoms with Crippen molar-refractivity contribution in [1.29, 1.82) is 0 Å². The van der Waals surface area contributed by atoms with Gasteiger partial charge in [0.1, 0.15) is 0 Å². The molecule has 1 saturated carbocycles. The SMILES string of the molecule is O=C1[C@@H]2[C@H](C(=O)N1c1cccc([NH+]([O-])O)c1)[C@H]1C[C@H]2C(c2ccccc2)=C1c1ccccc1. The highest BCUT2D eigenvalue weighted by Crippen LogP contribution is 2.63. The van der Waals surface area contributed by atoms with Crippen molar-refractivity contribution in [2.45, 2.75) is 6.42 Å². The number of nitrogens with one attached hydrogen (secondary N) is 1. The Labute approximate surface area is 190 Å². The van der Waals surface area contributed by atoms with E-state index in [2.05, 4.69) is 24.3 Å². The molecule has 2 aliphatic carbocycles. The number of carbonyl (C=O) groups excluding carboxylic acids is 2. The lowest BCUT2D eigenvalue weighted by Gasteiger charge is -2.27. The predicted octanol–water partition coefficient (Wildman–Crippen LogP) is 3.46. The first-order chi connectivity index (χ1) is 16.1. The van der Waals surface area contributed by atoms with E-state index in [0.29, 0.717) is 5.69 Å². The number of hydrogen-bond donors (Lipinski definition) is 2. The number of amides is 2. The molecule has 1 aliphatic heterocycles. The van der Waals surface area contributed by atoms with Crippen molar-refractivity contribution in [1.82, 2.24) is 0 Å². The lowest BCUT2D eigenvalue weighted by Crippen LogP contribution is -2.99. The Kier molecular flexibility index (Phi) is 4.55. The van der Waals surface area contributed by atoms with E-state index in [-0.39, 0.29) is 29.3 Å². The number of benzene rings is 3. The first-order valence-electron chi connectivity index (χ1n) is 11.1. The summed E-state index contributed by atoms with van der Waals surface area (Å²) in [4.78, 5) is 28.5. The lowest BCUT2D eigenvalue weighted by molar-refractivity contribution is -0.991. The monoisotopic (exact) mass is 438 g/mol. The van der Waals surface area contributed by atoms with Crippen molar-refractivity contribution in [2.75, 3.05) is 4.90 Å². The number of quaternary nitrogens is 1. The smallest absolute Gasteiger partial charge is 0.238 e.